The Morgan fingerprint density at radius 2 is 1.93 bits per heavy atom. The van der Waals surface area contributed by atoms with E-state index in [4.69, 9.17) is 4.74 Å². The van der Waals surface area contributed by atoms with Crippen LogP contribution < -0.4 is 4.74 Å². The fourth-order valence-corrected chi connectivity index (χ4v) is 3.09. The van der Waals surface area contributed by atoms with Crippen LogP contribution in [0.2, 0.25) is 0 Å². The first-order valence-corrected chi connectivity index (χ1v) is 9.20. The van der Waals surface area contributed by atoms with E-state index in [-0.39, 0.29) is 5.56 Å². The summed E-state index contributed by atoms with van der Waals surface area (Å²) in [4.78, 5) is 11.5. The van der Waals surface area contributed by atoms with Crippen molar-refractivity contribution in [2.24, 2.45) is 0 Å². The monoisotopic (exact) mass is 374 g/mol. The predicted molar refractivity (Wildman–Crippen MR) is 105 cm³/mol. The van der Waals surface area contributed by atoms with Gasteiger partial charge in [-0.1, -0.05) is 23.8 Å². The molecule has 0 saturated carbocycles. The van der Waals surface area contributed by atoms with E-state index in [1.165, 1.54) is 0 Å². The van der Waals surface area contributed by atoms with Crippen molar-refractivity contribution in [3.63, 3.8) is 0 Å². The highest BCUT2D eigenvalue weighted by molar-refractivity contribution is 5.88. The molecule has 5 nitrogen and oxygen atoms in total. The largest absolute Gasteiger partial charge is 0.486 e. The Hall–Kier alpha value is -2.11. The fraction of sp³-hybridized carbons (Fsp3) is 0.500. The highest BCUT2D eigenvalue weighted by Crippen LogP contribution is 2.38. The molecule has 5 heteroatoms. The summed E-state index contributed by atoms with van der Waals surface area (Å²) >= 11 is 0. The van der Waals surface area contributed by atoms with Gasteiger partial charge < -0.3 is 20.1 Å². The van der Waals surface area contributed by atoms with Gasteiger partial charge in [0.2, 0.25) is 0 Å². The van der Waals surface area contributed by atoms with E-state index in [2.05, 4.69) is 0 Å². The number of ether oxygens (including phenoxy) is 1. The summed E-state index contributed by atoms with van der Waals surface area (Å²) in [5.41, 5.74) is 0.918. The van der Waals surface area contributed by atoms with Crippen molar-refractivity contribution in [3.05, 3.63) is 52.6 Å². The molecular weight excluding hydrogens is 344 g/mol. The molecule has 0 radical (unpaired) electrons. The van der Waals surface area contributed by atoms with Crippen LogP contribution in [0.3, 0.4) is 0 Å². The van der Waals surface area contributed by atoms with Gasteiger partial charge in [0, 0.05) is 6.42 Å². The number of carboxylic acids is 1. The van der Waals surface area contributed by atoms with Crippen molar-refractivity contribution in [3.8, 4) is 5.75 Å². The Morgan fingerprint density at radius 3 is 2.48 bits per heavy atom. The number of rotatable bonds is 7. The van der Waals surface area contributed by atoms with Crippen molar-refractivity contribution < 1.29 is 24.9 Å². The van der Waals surface area contributed by atoms with Gasteiger partial charge in [-0.2, -0.15) is 0 Å². The maximum Gasteiger partial charge on any atom is 0.335 e. The van der Waals surface area contributed by atoms with Gasteiger partial charge in [-0.25, -0.2) is 4.79 Å². The van der Waals surface area contributed by atoms with Gasteiger partial charge in [-0.05, 0) is 70.7 Å². The molecule has 27 heavy (non-hydrogen) atoms. The molecule has 1 aliphatic heterocycles. The van der Waals surface area contributed by atoms with Crippen LogP contribution in [0.5, 0.6) is 5.75 Å². The summed E-state index contributed by atoms with van der Waals surface area (Å²) in [6.07, 6.45) is 6.30. The number of carbonyl (C=O) groups is 1. The Bertz CT molecular complexity index is 762. The van der Waals surface area contributed by atoms with E-state index in [1.54, 1.807) is 45.1 Å². The SMILES string of the molecule is CC(C)=CCc1cc(C(=O)O)cc2c1O[C@H]([C@@](C)(O)C/C=C/C(C)(C)O)C2. The number of fused-ring (bicyclic) bond motifs is 1. The number of allylic oxidation sites excluding steroid dienone is 2. The van der Waals surface area contributed by atoms with Gasteiger partial charge in [0.25, 0.3) is 0 Å². The summed E-state index contributed by atoms with van der Waals surface area (Å²) in [6, 6.07) is 3.28. The minimum atomic E-state index is -1.14. The minimum Gasteiger partial charge on any atom is -0.486 e. The zero-order valence-electron chi connectivity index (χ0n) is 16.7. The molecule has 2 atom stereocenters. The lowest BCUT2D eigenvalue weighted by Crippen LogP contribution is -2.42. The van der Waals surface area contributed by atoms with Crippen LogP contribution in [0.1, 0.15) is 62.5 Å². The first kappa shape index (κ1) is 21.2. The predicted octanol–water partition coefficient (Wildman–Crippen LogP) is 3.67. The number of aromatic carboxylic acids is 1. The van der Waals surface area contributed by atoms with Gasteiger partial charge in [-0.3, -0.25) is 0 Å². The molecule has 148 valence electrons. The van der Waals surface area contributed by atoms with E-state index in [0.717, 1.165) is 16.7 Å². The summed E-state index contributed by atoms with van der Waals surface area (Å²) in [5.74, 6) is -0.297. The average Bonchev–Trinajstić information content (AvgIpc) is 2.95. The molecule has 0 aliphatic carbocycles. The Balaban J connectivity index is 2.28. The van der Waals surface area contributed by atoms with Crippen LogP contribution in [0.25, 0.3) is 0 Å². The zero-order chi connectivity index (χ0) is 20.4. The fourth-order valence-electron chi connectivity index (χ4n) is 3.09. The summed E-state index contributed by atoms with van der Waals surface area (Å²) < 4.78 is 6.08. The highest BCUT2D eigenvalue weighted by atomic mass is 16.5. The molecule has 2 rings (SSSR count). The average molecular weight is 374 g/mol. The number of benzene rings is 1. The second-order valence-electron chi connectivity index (χ2n) is 8.34. The van der Waals surface area contributed by atoms with Gasteiger partial charge in [0.15, 0.2) is 0 Å². The molecule has 0 aromatic heterocycles. The lowest BCUT2D eigenvalue weighted by Gasteiger charge is -2.28. The lowest BCUT2D eigenvalue weighted by atomic mass is 9.90. The smallest absolute Gasteiger partial charge is 0.335 e. The van der Waals surface area contributed by atoms with Gasteiger partial charge in [-0.15, -0.1) is 0 Å². The topological polar surface area (TPSA) is 87.0 Å². The quantitative estimate of drug-likeness (QED) is 0.634. The molecule has 0 bridgehead atoms. The normalized spacial score (nSPS) is 18.7. The number of aliphatic hydroxyl groups is 2. The standard InChI is InChI=1S/C22H30O5/c1-14(2)7-8-15-11-17(20(23)24)12-16-13-18(27-19(15)16)22(5,26)10-6-9-21(3,4)25/h6-7,9,11-12,18,25-26H,8,10,13H2,1-5H3,(H,23,24)/b9-6+/t18-,22-/m0/s1. The molecule has 0 unspecified atom stereocenters. The lowest BCUT2D eigenvalue weighted by molar-refractivity contribution is -0.0359. The Labute approximate surface area is 161 Å². The molecule has 1 aliphatic rings. The third kappa shape index (κ3) is 5.68. The summed E-state index contributed by atoms with van der Waals surface area (Å²) in [7, 11) is 0. The highest BCUT2D eigenvalue weighted by Gasteiger charge is 2.39. The second kappa shape index (κ2) is 7.87. The van der Waals surface area contributed by atoms with E-state index in [0.29, 0.717) is 25.0 Å². The van der Waals surface area contributed by atoms with E-state index in [9.17, 15) is 20.1 Å². The van der Waals surface area contributed by atoms with E-state index < -0.39 is 23.3 Å². The Kier molecular flexibility index (Phi) is 6.17. The molecular formula is C22H30O5. The molecule has 1 aromatic carbocycles. The van der Waals surface area contributed by atoms with Crippen molar-refractivity contribution in [1.82, 2.24) is 0 Å². The maximum atomic E-state index is 11.5. The number of carboxylic acid groups (broad SMARTS) is 1. The van der Waals surface area contributed by atoms with Crippen molar-refractivity contribution in [2.45, 2.75) is 71.2 Å². The zero-order valence-corrected chi connectivity index (χ0v) is 16.7. The van der Waals surface area contributed by atoms with Gasteiger partial charge >= 0.3 is 5.97 Å². The van der Waals surface area contributed by atoms with Crippen LogP contribution in [0.15, 0.2) is 35.9 Å². The molecule has 1 aromatic rings. The summed E-state index contributed by atoms with van der Waals surface area (Å²) in [6.45, 7) is 9.02. The Morgan fingerprint density at radius 1 is 1.26 bits per heavy atom. The third-order valence-corrected chi connectivity index (χ3v) is 4.64. The molecule has 0 spiro atoms. The molecule has 0 fully saturated rings. The van der Waals surface area contributed by atoms with Gasteiger partial charge in [0.05, 0.1) is 11.2 Å². The van der Waals surface area contributed by atoms with Crippen molar-refractivity contribution in [2.75, 3.05) is 0 Å². The number of hydrogen-bond donors (Lipinski definition) is 3. The molecule has 0 saturated heterocycles. The number of hydrogen-bond acceptors (Lipinski definition) is 4. The first-order valence-electron chi connectivity index (χ1n) is 9.20. The van der Waals surface area contributed by atoms with Gasteiger partial charge in [0.1, 0.15) is 17.5 Å². The van der Waals surface area contributed by atoms with Crippen LogP contribution in [-0.2, 0) is 12.8 Å². The molecule has 1 heterocycles. The molecule has 3 N–H and O–H groups in total. The van der Waals surface area contributed by atoms with E-state index >= 15 is 0 Å². The van der Waals surface area contributed by atoms with Crippen LogP contribution >= 0.6 is 0 Å². The van der Waals surface area contributed by atoms with Crippen molar-refractivity contribution in [1.29, 1.82) is 0 Å². The van der Waals surface area contributed by atoms with Crippen LogP contribution in [0, 0.1) is 0 Å². The van der Waals surface area contributed by atoms with Crippen molar-refractivity contribution >= 4 is 5.97 Å². The second-order valence-corrected chi connectivity index (χ2v) is 8.34. The minimum absolute atomic E-state index is 0.233. The van der Waals surface area contributed by atoms with Crippen LogP contribution in [-0.4, -0.2) is 38.6 Å². The summed E-state index contributed by atoms with van der Waals surface area (Å²) in [5, 5.41) is 30.1. The third-order valence-electron chi connectivity index (χ3n) is 4.64. The maximum absolute atomic E-state index is 11.5. The molecule has 0 amide bonds. The van der Waals surface area contributed by atoms with Crippen LogP contribution in [0.4, 0.5) is 0 Å². The first-order chi connectivity index (χ1) is 12.4. The van der Waals surface area contributed by atoms with E-state index in [1.807, 2.05) is 19.9 Å².